The molecule has 0 amide bonds. The molecule has 1 fully saturated rings. The molecule has 21 heavy (non-hydrogen) atoms. The molecular formula is C15H19N3O3. The molecule has 0 spiro atoms. The number of hydrogen-bond donors (Lipinski definition) is 1. The van der Waals surface area contributed by atoms with Gasteiger partial charge in [-0.3, -0.25) is 10.1 Å². The second-order valence-electron chi connectivity index (χ2n) is 5.70. The van der Waals surface area contributed by atoms with Crippen LogP contribution in [-0.4, -0.2) is 15.9 Å². The van der Waals surface area contributed by atoms with Gasteiger partial charge in [-0.25, -0.2) is 0 Å². The van der Waals surface area contributed by atoms with Crippen LogP contribution in [0.5, 0.6) is 0 Å². The number of fused-ring (bicyclic) bond motifs is 1. The Morgan fingerprint density at radius 3 is 2.81 bits per heavy atom. The van der Waals surface area contributed by atoms with Crippen LogP contribution in [0.3, 0.4) is 0 Å². The SMILES string of the molecule is CCC1CCC(Nc2nc3cc([N+](=O)[O-])ccc3o2)CC1. The van der Waals surface area contributed by atoms with Gasteiger partial charge >= 0.3 is 0 Å². The van der Waals surface area contributed by atoms with Crippen LogP contribution in [-0.2, 0) is 0 Å². The van der Waals surface area contributed by atoms with Gasteiger partial charge in [-0.2, -0.15) is 4.98 Å². The average molecular weight is 289 g/mol. The molecule has 1 heterocycles. The fourth-order valence-electron chi connectivity index (χ4n) is 2.98. The van der Waals surface area contributed by atoms with Crippen LogP contribution in [0.1, 0.15) is 39.0 Å². The maximum atomic E-state index is 10.8. The Labute approximate surface area is 122 Å². The molecule has 0 bridgehead atoms. The zero-order valence-electron chi connectivity index (χ0n) is 12.0. The smallest absolute Gasteiger partial charge is 0.295 e. The molecule has 1 aliphatic rings. The molecule has 1 aliphatic carbocycles. The van der Waals surface area contributed by atoms with Gasteiger partial charge in [-0.15, -0.1) is 0 Å². The molecule has 0 unspecified atom stereocenters. The standard InChI is InChI=1S/C15H19N3O3/c1-2-10-3-5-11(6-4-10)16-15-17-13-9-12(18(19)20)7-8-14(13)21-15/h7-11H,2-6H2,1H3,(H,16,17). The van der Waals surface area contributed by atoms with Gasteiger partial charge in [0.25, 0.3) is 11.7 Å². The Morgan fingerprint density at radius 1 is 1.38 bits per heavy atom. The summed E-state index contributed by atoms with van der Waals surface area (Å²) in [4.78, 5) is 14.6. The number of nitrogens with zero attached hydrogens (tertiary/aromatic N) is 2. The van der Waals surface area contributed by atoms with Gasteiger partial charge < -0.3 is 9.73 Å². The molecule has 6 nitrogen and oxygen atoms in total. The van der Waals surface area contributed by atoms with E-state index in [-0.39, 0.29) is 5.69 Å². The first-order valence-corrected chi connectivity index (χ1v) is 7.47. The van der Waals surface area contributed by atoms with Crippen LogP contribution in [0.25, 0.3) is 11.1 Å². The van der Waals surface area contributed by atoms with Crippen molar-refractivity contribution in [1.82, 2.24) is 4.98 Å². The van der Waals surface area contributed by atoms with Crippen molar-refractivity contribution in [2.24, 2.45) is 5.92 Å². The Bertz CT molecular complexity index is 645. The van der Waals surface area contributed by atoms with Crippen molar-refractivity contribution in [1.29, 1.82) is 0 Å². The van der Waals surface area contributed by atoms with Crippen LogP contribution in [0.15, 0.2) is 22.6 Å². The zero-order valence-corrected chi connectivity index (χ0v) is 12.0. The number of aromatic nitrogens is 1. The summed E-state index contributed by atoms with van der Waals surface area (Å²) in [5.74, 6) is 0.842. The van der Waals surface area contributed by atoms with Crippen molar-refractivity contribution in [3.63, 3.8) is 0 Å². The first-order chi connectivity index (χ1) is 10.2. The topological polar surface area (TPSA) is 81.2 Å². The van der Waals surface area contributed by atoms with Gasteiger partial charge in [0.15, 0.2) is 5.58 Å². The Kier molecular flexibility index (Phi) is 3.77. The fraction of sp³-hybridized carbons (Fsp3) is 0.533. The molecule has 3 rings (SSSR count). The molecule has 6 heteroatoms. The van der Waals surface area contributed by atoms with E-state index in [4.69, 9.17) is 4.42 Å². The van der Waals surface area contributed by atoms with Crippen molar-refractivity contribution in [2.75, 3.05) is 5.32 Å². The second-order valence-corrected chi connectivity index (χ2v) is 5.70. The molecule has 1 aromatic heterocycles. The van der Waals surface area contributed by atoms with Gasteiger partial charge in [0.1, 0.15) is 5.52 Å². The monoisotopic (exact) mass is 289 g/mol. The summed E-state index contributed by atoms with van der Waals surface area (Å²) >= 11 is 0. The molecule has 0 atom stereocenters. The minimum absolute atomic E-state index is 0.0332. The quantitative estimate of drug-likeness (QED) is 0.676. The summed E-state index contributed by atoms with van der Waals surface area (Å²) in [5.41, 5.74) is 1.13. The van der Waals surface area contributed by atoms with Crippen molar-refractivity contribution < 1.29 is 9.34 Å². The Morgan fingerprint density at radius 2 is 2.14 bits per heavy atom. The van der Waals surface area contributed by atoms with E-state index in [0.717, 1.165) is 18.8 Å². The summed E-state index contributed by atoms with van der Waals surface area (Å²) < 4.78 is 5.61. The van der Waals surface area contributed by atoms with Gasteiger partial charge in [-0.05, 0) is 37.7 Å². The molecule has 0 radical (unpaired) electrons. The predicted molar refractivity (Wildman–Crippen MR) is 80.3 cm³/mol. The van der Waals surface area contributed by atoms with E-state index in [0.29, 0.717) is 23.2 Å². The number of benzene rings is 1. The van der Waals surface area contributed by atoms with E-state index in [9.17, 15) is 10.1 Å². The minimum Gasteiger partial charge on any atom is -0.424 e. The highest BCUT2D eigenvalue weighted by Crippen LogP contribution is 2.29. The summed E-state index contributed by atoms with van der Waals surface area (Å²) in [5, 5.41) is 14.1. The number of nitro groups is 1. The number of nitro benzene ring substituents is 1. The maximum Gasteiger partial charge on any atom is 0.295 e. The van der Waals surface area contributed by atoms with Crippen molar-refractivity contribution >= 4 is 22.8 Å². The first kappa shape index (κ1) is 13.9. The zero-order chi connectivity index (χ0) is 14.8. The number of hydrogen-bond acceptors (Lipinski definition) is 5. The van der Waals surface area contributed by atoms with Crippen LogP contribution < -0.4 is 5.32 Å². The van der Waals surface area contributed by atoms with Crippen LogP contribution in [0.4, 0.5) is 11.7 Å². The third-order valence-corrected chi connectivity index (χ3v) is 4.33. The van der Waals surface area contributed by atoms with E-state index in [1.54, 1.807) is 6.07 Å². The maximum absolute atomic E-state index is 10.8. The van der Waals surface area contributed by atoms with E-state index in [1.165, 1.54) is 31.4 Å². The lowest BCUT2D eigenvalue weighted by atomic mass is 9.85. The van der Waals surface area contributed by atoms with Crippen LogP contribution in [0.2, 0.25) is 0 Å². The van der Waals surface area contributed by atoms with Crippen molar-refractivity contribution in [3.05, 3.63) is 28.3 Å². The Hall–Kier alpha value is -2.11. The lowest BCUT2D eigenvalue weighted by molar-refractivity contribution is -0.384. The van der Waals surface area contributed by atoms with Crippen molar-refractivity contribution in [2.45, 2.75) is 45.1 Å². The number of oxazole rings is 1. The van der Waals surface area contributed by atoms with E-state index in [2.05, 4.69) is 17.2 Å². The van der Waals surface area contributed by atoms with Gasteiger partial charge in [0.05, 0.1) is 4.92 Å². The molecule has 0 saturated heterocycles. The Balaban J connectivity index is 1.71. The van der Waals surface area contributed by atoms with E-state index >= 15 is 0 Å². The van der Waals surface area contributed by atoms with E-state index in [1.807, 2.05) is 0 Å². The largest absolute Gasteiger partial charge is 0.424 e. The molecule has 2 aromatic rings. The molecule has 1 N–H and O–H groups in total. The molecule has 0 aliphatic heterocycles. The van der Waals surface area contributed by atoms with Gasteiger partial charge in [0.2, 0.25) is 0 Å². The minimum atomic E-state index is -0.423. The molecule has 112 valence electrons. The normalized spacial score (nSPS) is 22.3. The molecule has 1 aromatic carbocycles. The van der Waals surface area contributed by atoms with Crippen LogP contribution in [0, 0.1) is 16.0 Å². The molecule has 1 saturated carbocycles. The first-order valence-electron chi connectivity index (χ1n) is 7.47. The summed E-state index contributed by atoms with van der Waals surface area (Å²) in [6.07, 6.45) is 5.97. The number of non-ortho nitro benzene ring substituents is 1. The number of anilines is 1. The molecular weight excluding hydrogens is 270 g/mol. The second kappa shape index (κ2) is 5.71. The lowest BCUT2D eigenvalue weighted by Crippen LogP contribution is -2.25. The number of rotatable bonds is 4. The lowest BCUT2D eigenvalue weighted by Gasteiger charge is -2.27. The predicted octanol–water partition coefficient (Wildman–Crippen LogP) is 4.12. The highest BCUT2D eigenvalue weighted by Gasteiger charge is 2.21. The summed E-state index contributed by atoms with van der Waals surface area (Å²) in [6.45, 7) is 2.24. The van der Waals surface area contributed by atoms with Crippen LogP contribution >= 0.6 is 0 Å². The van der Waals surface area contributed by atoms with Gasteiger partial charge in [0, 0.05) is 18.2 Å². The van der Waals surface area contributed by atoms with Crippen molar-refractivity contribution in [3.8, 4) is 0 Å². The summed E-state index contributed by atoms with van der Waals surface area (Å²) in [6, 6.07) is 5.32. The van der Waals surface area contributed by atoms with Gasteiger partial charge in [-0.1, -0.05) is 13.3 Å². The highest BCUT2D eigenvalue weighted by molar-refractivity contribution is 5.77. The third-order valence-electron chi connectivity index (χ3n) is 4.33. The summed E-state index contributed by atoms with van der Waals surface area (Å²) in [7, 11) is 0. The highest BCUT2D eigenvalue weighted by atomic mass is 16.6. The fourth-order valence-corrected chi connectivity index (χ4v) is 2.98. The third kappa shape index (κ3) is 2.99. The number of nitrogens with one attached hydrogen (secondary N) is 1. The average Bonchev–Trinajstić information content (AvgIpc) is 2.89. The van der Waals surface area contributed by atoms with E-state index < -0.39 is 4.92 Å².